The van der Waals surface area contributed by atoms with Crippen molar-refractivity contribution in [3.63, 3.8) is 0 Å². The highest BCUT2D eigenvalue weighted by Crippen LogP contribution is 2.38. The summed E-state index contributed by atoms with van der Waals surface area (Å²) in [4.78, 5) is 0. The number of halogens is 5. The van der Waals surface area contributed by atoms with Gasteiger partial charge in [0.25, 0.3) is 0 Å². The fourth-order valence-corrected chi connectivity index (χ4v) is 4.99. The van der Waals surface area contributed by atoms with Crippen LogP contribution in [0.3, 0.4) is 0 Å². The van der Waals surface area contributed by atoms with E-state index in [4.69, 9.17) is 11.6 Å². The van der Waals surface area contributed by atoms with Crippen molar-refractivity contribution in [3.8, 4) is 11.3 Å². The van der Waals surface area contributed by atoms with Crippen LogP contribution in [0.15, 0.2) is 78.9 Å². The van der Waals surface area contributed by atoms with Crippen LogP contribution in [0.5, 0.6) is 0 Å². The minimum Gasteiger partial charge on any atom is -0.259 e. The maximum Gasteiger partial charge on any atom is 0.418 e. The fourth-order valence-electron chi connectivity index (χ4n) is 4.83. The van der Waals surface area contributed by atoms with Gasteiger partial charge in [0.15, 0.2) is 0 Å². The van der Waals surface area contributed by atoms with Crippen molar-refractivity contribution in [2.45, 2.75) is 39.4 Å². The highest BCUT2D eigenvalue weighted by atomic mass is 35.5. The third-order valence-corrected chi connectivity index (χ3v) is 7.03. The van der Waals surface area contributed by atoms with Gasteiger partial charge in [0.1, 0.15) is 11.3 Å². The van der Waals surface area contributed by atoms with Crippen molar-refractivity contribution >= 4 is 22.5 Å². The first-order chi connectivity index (χ1) is 18.1. The molecule has 0 atom stereocenters. The van der Waals surface area contributed by atoms with E-state index >= 15 is 0 Å². The van der Waals surface area contributed by atoms with E-state index in [1.807, 2.05) is 24.3 Å². The molecule has 0 spiro atoms. The lowest BCUT2D eigenvalue weighted by Gasteiger charge is -2.12. The van der Waals surface area contributed by atoms with Crippen molar-refractivity contribution in [1.29, 1.82) is 0 Å². The largest absolute Gasteiger partial charge is 0.418 e. The number of aromatic nitrogens is 2. The van der Waals surface area contributed by atoms with Gasteiger partial charge in [0, 0.05) is 21.5 Å². The number of nitrogens with zero attached hydrogens (tertiary/aromatic N) is 2. The maximum atomic E-state index is 14.7. The maximum absolute atomic E-state index is 14.7. The summed E-state index contributed by atoms with van der Waals surface area (Å²) in [5.74, 6) is -0.540. The second-order valence-electron chi connectivity index (χ2n) is 9.57. The van der Waals surface area contributed by atoms with Crippen LogP contribution in [0.25, 0.3) is 22.2 Å². The van der Waals surface area contributed by atoms with Gasteiger partial charge in [0.2, 0.25) is 0 Å². The van der Waals surface area contributed by atoms with Gasteiger partial charge in [0.05, 0.1) is 17.8 Å². The molecular weight excluding hydrogens is 512 g/mol. The molecule has 0 radical (unpaired) electrons. The van der Waals surface area contributed by atoms with Gasteiger partial charge in [-0.2, -0.15) is 18.3 Å². The zero-order valence-corrected chi connectivity index (χ0v) is 21.7. The van der Waals surface area contributed by atoms with E-state index in [-0.39, 0.29) is 22.6 Å². The third-order valence-electron chi connectivity index (χ3n) is 6.80. The fraction of sp³-hybridized carbons (Fsp3) is 0.194. The van der Waals surface area contributed by atoms with Crippen LogP contribution < -0.4 is 0 Å². The summed E-state index contributed by atoms with van der Waals surface area (Å²) >= 11 is 5.90. The molecule has 0 aliphatic carbocycles. The molecule has 5 rings (SSSR count). The molecule has 0 amide bonds. The molecule has 7 heteroatoms. The van der Waals surface area contributed by atoms with Gasteiger partial charge in [-0.15, -0.1) is 0 Å². The van der Waals surface area contributed by atoms with Crippen molar-refractivity contribution in [3.05, 3.63) is 123 Å². The average Bonchev–Trinajstić information content (AvgIpc) is 3.24. The number of benzene rings is 4. The molecule has 0 N–H and O–H groups in total. The molecule has 38 heavy (non-hydrogen) atoms. The molecule has 5 aromatic rings. The van der Waals surface area contributed by atoms with Gasteiger partial charge in [-0.25, -0.2) is 4.39 Å². The predicted octanol–water partition coefficient (Wildman–Crippen LogP) is 8.96. The quantitative estimate of drug-likeness (QED) is 0.198. The Balaban J connectivity index is 1.59. The van der Waals surface area contributed by atoms with E-state index in [1.54, 1.807) is 12.1 Å². The van der Waals surface area contributed by atoms with E-state index < -0.39 is 17.6 Å². The highest BCUT2D eigenvalue weighted by Gasteiger charge is 2.34. The van der Waals surface area contributed by atoms with E-state index in [0.717, 1.165) is 30.0 Å². The third kappa shape index (κ3) is 5.32. The first-order valence-electron chi connectivity index (χ1n) is 12.3. The Labute approximate surface area is 223 Å². The number of hydrogen-bond donors (Lipinski definition) is 0. The summed E-state index contributed by atoms with van der Waals surface area (Å²) < 4.78 is 57.7. The Morgan fingerprint density at radius 3 is 2.39 bits per heavy atom. The van der Waals surface area contributed by atoms with E-state index in [1.165, 1.54) is 39.6 Å². The normalized spacial score (nSPS) is 11.9. The lowest BCUT2D eigenvalue weighted by Crippen LogP contribution is -2.07. The smallest absolute Gasteiger partial charge is 0.259 e. The Morgan fingerprint density at radius 2 is 1.63 bits per heavy atom. The zero-order valence-electron chi connectivity index (χ0n) is 20.9. The van der Waals surface area contributed by atoms with Crippen LogP contribution >= 0.6 is 11.6 Å². The number of hydrogen-bond acceptors (Lipinski definition) is 1. The lowest BCUT2D eigenvalue weighted by atomic mass is 9.97. The van der Waals surface area contributed by atoms with E-state index in [9.17, 15) is 17.6 Å². The molecule has 0 aliphatic rings. The van der Waals surface area contributed by atoms with Gasteiger partial charge in [-0.3, -0.25) is 4.68 Å². The monoisotopic (exact) mass is 536 g/mol. The molecule has 0 aliphatic heterocycles. The van der Waals surface area contributed by atoms with Gasteiger partial charge >= 0.3 is 6.18 Å². The summed E-state index contributed by atoms with van der Waals surface area (Å²) in [5, 5.41) is 4.96. The molecular formula is C31H25ClF4N2. The summed E-state index contributed by atoms with van der Waals surface area (Å²) in [7, 11) is 0. The van der Waals surface area contributed by atoms with Gasteiger partial charge in [-0.05, 0) is 67.6 Å². The predicted molar refractivity (Wildman–Crippen MR) is 144 cm³/mol. The SMILES string of the molecule is Cc1ccc(C)c(CCc2cccc(-c3c4cccc(C(F)(F)F)c4nn3Cc3ccc(Cl)cc3F)c2)c1. The minimum atomic E-state index is -4.57. The molecule has 4 aromatic carbocycles. The second-order valence-corrected chi connectivity index (χ2v) is 10.0. The van der Waals surface area contributed by atoms with Crippen LogP contribution in [0.1, 0.15) is 33.4 Å². The summed E-state index contributed by atoms with van der Waals surface area (Å²) in [5.41, 5.74) is 5.26. The van der Waals surface area contributed by atoms with E-state index in [2.05, 4.69) is 37.1 Å². The van der Waals surface area contributed by atoms with Crippen LogP contribution in [0.4, 0.5) is 17.6 Å². The van der Waals surface area contributed by atoms with Gasteiger partial charge < -0.3 is 0 Å². The Morgan fingerprint density at radius 1 is 0.842 bits per heavy atom. The van der Waals surface area contributed by atoms with Crippen LogP contribution in [0, 0.1) is 19.7 Å². The Hall–Kier alpha value is -3.64. The Bertz CT molecular complexity index is 1640. The summed E-state index contributed by atoms with van der Waals surface area (Å²) in [6.45, 7) is 4.11. The van der Waals surface area contributed by atoms with Crippen molar-refractivity contribution < 1.29 is 17.6 Å². The molecule has 0 saturated heterocycles. The number of aryl methyl sites for hydroxylation is 4. The molecule has 1 aromatic heterocycles. The van der Waals surface area contributed by atoms with Gasteiger partial charge in [-0.1, -0.05) is 71.8 Å². The van der Waals surface area contributed by atoms with Crippen molar-refractivity contribution in [1.82, 2.24) is 9.78 Å². The molecule has 0 bridgehead atoms. The van der Waals surface area contributed by atoms with E-state index in [0.29, 0.717) is 11.1 Å². The standard InChI is InChI=1S/C31H25ClF4N2/c1-19-9-10-20(2)22(15-19)12-11-21-5-3-6-23(16-21)30-26-7-4-8-27(31(34,35)36)29(26)37-38(30)18-24-13-14-25(32)17-28(24)33/h3-10,13-17H,11-12,18H2,1-2H3. The topological polar surface area (TPSA) is 17.8 Å². The van der Waals surface area contributed by atoms with Crippen LogP contribution in [-0.4, -0.2) is 9.78 Å². The zero-order chi connectivity index (χ0) is 27.0. The highest BCUT2D eigenvalue weighted by molar-refractivity contribution is 6.30. The molecule has 1 heterocycles. The lowest BCUT2D eigenvalue weighted by molar-refractivity contribution is -0.136. The molecule has 0 fully saturated rings. The molecule has 0 unspecified atom stereocenters. The number of fused-ring (bicyclic) bond motifs is 1. The summed E-state index contributed by atoms with van der Waals surface area (Å²) in [6.07, 6.45) is -2.97. The first kappa shape index (κ1) is 26.0. The molecule has 0 saturated carbocycles. The molecule has 2 nitrogen and oxygen atoms in total. The second kappa shape index (κ2) is 10.3. The van der Waals surface area contributed by atoms with Crippen LogP contribution in [0.2, 0.25) is 5.02 Å². The first-order valence-corrected chi connectivity index (χ1v) is 12.6. The van der Waals surface area contributed by atoms with Crippen LogP contribution in [-0.2, 0) is 25.6 Å². The Kier molecular flexibility index (Phi) is 7.01. The average molecular weight is 537 g/mol. The minimum absolute atomic E-state index is 0.0446. The number of rotatable bonds is 6. The molecule has 194 valence electrons. The van der Waals surface area contributed by atoms with Crippen molar-refractivity contribution in [2.24, 2.45) is 0 Å². The number of alkyl halides is 3. The van der Waals surface area contributed by atoms with Crippen molar-refractivity contribution in [2.75, 3.05) is 0 Å². The summed E-state index contributed by atoms with van der Waals surface area (Å²) in [6, 6.07) is 22.4.